The number of rotatable bonds is 10. The van der Waals surface area contributed by atoms with Crippen LogP contribution < -0.4 is 0 Å². The average molecular weight is 276 g/mol. The number of unbranched alkanes of at least 4 members (excludes halogenated alkanes) is 2. The van der Waals surface area contributed by atoms with E-state index in [1.54, 1.807) is 0 Å². The van der Waals surface area contributed by atoms with Crippen molar-refractivity contribution < 1.29 is 5.11 Å². The van der Waals surface area contributed by atoms with Crippen molar-refractivity contribution in [1.29, 1.82) is 0 Å². The van der Waals surface area contributed by atoms with Gasteiger partial charge >= 0.3 is 0 Å². The van der Waals surface area contributed by atoms with Crippen molar-refractivity contribution in [1.82, 2.24) is 0 Å². The first kappa shape index (κ1) is 17.1. The van der Waals surface area contributed by atoms with Gasteiger partial charge in [0.2, 0.25) is 0 Å². The molecule has 0 saturated heterocycles. The number of aromatic hydroxyl groups is 1. The summed E-state index contributed by atoms with van der Waals surface area (Å²) in [6.07, 6.45) is 10.5. The van der Waals surface area contributed by atoms with Crippen molar-refractivity contribution in [3.05, 3.63) is 29.8 Å². The second kappa shape index (κ2) is 9.85. The van der Waals surface area contributed by atoms with E-state index < -0.39 is 0 Å². The van der Waals surface area contributed by atoms with Gasteiger partial charge in [-0.1, -0.05) is 71.4 Å². The lowest BCUT2D eigenvalue weighted by Crippen LogP contribution is -2.17. The number of phenolic OH excluding ortho intramolecular Hbond substituents is 1. The maximum absolute atomic E-state index is 9.40. The van der Waals surface area contributed by atoms with Gasteiger partial charge in [0.05, 0.1) is 0 Å². The summed E-state index contributed by atoms with van der Waals surface area (Å²) >= 11 is 0. The fourth-order valence-corrected chi connectivity index (χ4v) is 3.14. The molecule has 0 bridgehead atoms. The summed E-state index contributed by atoms with van der Waals surface area (Å²) in [6.45, 7) is 6.91. The van der Waals surface area contributed by atoms with Gasteiger partial charge in [0.25, 0.3) is 0 Å². The maximum Gasteiger partial charge on any atom is 0.115 e. The van der Waals surface area contributed by atoms with E-state index >= 15 is 0 Å². The van der Waals surface area contributed by atoms with Crippen LogP contribution in [-0.4, -0.2) is 5.11 Å². The SMILES string of the molecule is CCCCC(CC)C(CCCC)Cc1ccc(O)cc1. The lowest BCUT2D eigenvalue weighted by atomic mass is 9.79. The number of benzene rings is 1. The van der Waals surface area contributed by atoms with Crippen molar-refractivity contribution in [3.63, 3.8) is 0 Å². The van der Waals surface area contributed by atoms with Gasteiger partial charge in [-0.15, -0.1) is 0 Å². The van der Waals surface area contributed by atoms with Crippen LogP contribution in [0.4, 0.5) is 0 Å². The van der Waals surface area contributed by atoms with Crippen molar-refractivity contribution in [3.8, 4) is 5.75 Å². The standard InChI is InChI=1S/C19H32O/c1-4-7-9-17(6-3)18(10-8-5-2)15-16-11-13-19(20)14-12-16/h11-14,17-18,20H,4-10,15H2,1-3H3. The topological polar surface area (TPSA) is 20.2 Å². The monoisotopic (exact) mass is 276 g/mol. The normalized spacial score (nSPS) is 14.2. The van der Waals surface area contributed by atoms with Crippen LogP contribution in [0, 0.1) is 11.8 Å². The molecule has 0 radical (unpaired) electrons. The third kappa shape index (κ3) is 5.98. The maximum atomic E-state index is 9.40. The molecule has 0 spiro atoms. The molecule has 1 heteroatoms. The Bertz CT molecular complexity index is 341. The van der Waals surface area contributed by atoms with Gasteiger partial charge in [-0.05, 0) is 42.4 Å². The smallest absolute Gasteiger partial charge is 0.115 e. The van der Waals surface area contributed by atoms with Crippen LogP contribution >= 0.6 is 0 Å². The third-order valence-corrected chi connectivity index (χ3v) is 4.48. The van der Waals surface area contributed by atoms with Crippen LogP contribution in [0.15, 0.2) is 24.3 Å². The molecular formula is C19H32O. The van der Waals surface area contributed by atoms with E-state index in [9.17, 15) is 5.11 Å². The molecule has 1 rings (SSSR count). The predicted octanol–water partition coefficient (Wildman–Crippen LogP) is 5.96. The molecule has 0 aliphatic rings. The van der Waals surface area contributed by atoms with Crippen LogP contribution in [0.2, 0.25) is 0 Å². The molecule has 0 amide bonds. The van der Waals surface area contributed by atoms with Gasteiger partial charge in [0.15, 0.2) is 0 Å². The van der Waals surface area contributed by atoms with Crippen molar-refractivity contribution >= 4 is 0 Å². The zero-order valence-electron chi connectivity index (χ0n) is 13.6. The minimum Gasteiger partial charge on any atom is -0.508 e. The molecule has 1 N–H and O–H groups in total. The van der Waals surface area contributed by atoms with Crippen LogP contribution in [0.3, 0.4) is 0 Å². The summed E-state index contributed by atoms with van der Waals surface area (Å²) in [4.78, 5) is 0. The van der Waals surface area contributed by atoms with E-state index in [1.807, 2.05) is 12.1 Å². The van der Waals surface area contributed by atoms with E-state index in [4.69, 9.17) is 0 Å². The van der Waals surface area contributed by atoms with Crippen LogP contribution in [0.5, 0.6) is 5.75 Å². The minimum atomic E-state index is 0.372. The van der Waals surface area contributed by atoms with Gasteiger partial charge < -0.3 is 5.11 Å². The van der Waals surface area contributed by atoms with Gasteiger partial charge in [0, 0.05) is 0 Å². The van der Waals surface area contributed by atoms with E-state index in [-0.39, 0.29) is 0 Å². The van der Waals surface area contributed by atoms with Crippen molar-refractivity contribution in [2.45, 2.75) is 72.1 Å². The zero-order valence-corrected chi connectivity index (χ0v) is 13.6. The summed E-state index contributed by atoms with van der Waals surface area (Å²) in [6, 6.07) is 7.81. The second-order valence-electron chi connectivity index (χ2n) is 6.08. The highest BCUT2D eigenvalue weighted by Gasteiger charge is 2.19. The lowest BCUT2D eigenvalue weighted by Gasteiger charge is -2.26. The van der Waals surface area contributed by atoms with E-state index in [1.165, 1.54) is 56.9 Å². The van der Waals surface area contributed by atoms with Gasteiger partial charge in [-0.3, -0.25) is 0 Å². The first-order chi connectivity index (χ1) is 9.71. The molecule has 2 atom stereocenters. The predicted molar refractivity (Wildman–Crippen MR) is 88.1 cm³/mol. The summed E-state index contributed by atoms with van der Waals surface area (Å²) in [7, 11) is 0. The Morgan fingerprint density at radius 3 is 1.90 bits per heavy atom. The molecule has 0 saturated carbocycles. The van der Waals surface area contributed by atoms with Crippen LogP contribution in [0.25, 0.3) is 0 Å². The van der Waals surface area contributed by atoms with Crippen molar-refractivity contribution in [2.24, 2.45) is 11.8 Å². The first-order valence-corrected chi connectivity index (χ1v) is 8.49. The highest BCUT2D eigenvalue weighted by molar-refractivity contribution is 5.26. The molecular weight excluding hydrogens is 244 g/mol. The molecule has 114 valence electrons. The number of hydrogen-bond acceptors (Lipinski definition) is 1. The second-order valence-corrected chi connectivity index (χ2v) is 6.08. The number of phenols is 1. The molecule has 0 heterocycles. The summed E-state index contributed by atoms with van der Waals surface area (Å²) in [5.41, 5.74) is 1.37. The Balaban J connectivity index is 2.68. The first-order valence-electron chi connectivity index (χ1n) is 8.49. The molecule has 2 unspecified atom stereocenters. The Hall–Kier alpha value is -0.980. The molecule has 0 aliphatic carbocycles. The van der Waals surface area contributed by atoms with Crippen molar-refractivity contribution in [2.75, 3.05) is 0 Å². The van der Waals surface area contributed by atoms with E-state index in [0.717, 1.165) is 11.8 Å². The highest BCUT2D eigenvalue weighted by Crippen LogP contribution is 2.30. The van der Waals surface area contributed by atoms with Crippen LogP contribution in [-0.2, 0) is 6.42 Å². The largest absolute Gasteiger partial charge is 0.508 e. The summed E-state index contributed by atoms with van der Waals surface area (Å²) in [5, 5.41) is 9.40. The quantitative estimate of drug-likeness (QED) is 0.559. The van der Waals surface area contributed by atoms with Gasteiger partial charge in [-0.2, -0.15) is 0 Å². The Kier molecular flexibility index (Phi) is 8.41. The third-order valence-electron chi connectivity index (χ3n) is 4.48. The highest BCUT2D eigenvalue weighted by atomic mass is 16.3. The number of hydrogen-bond donors (Lipinski definition) is 1. The van der Waals surface area contributed by atoms with E-state index in [2.05, 4.69) is 32.9 Å². The molecule has 1 aromatic rings. The van der Waals surface area contributed by atoms with Gasteiger partial charge in [-0.25, -0.2) is 0 Å². The van der Waals surface area contributed by atoms with Gasteiger partial charge in [0.1, 0.15) is 5.75 Å². The fourth-order valence-electron chi connectivity index (χ4n) is 3.14. The zero-order chi connectivity index (χ0) is 14.8. The van der Waals surface area contributed by atoms with Crippen LogP contribution in [0.1, 0.15) is 71.3 Å². The lowest BCUT2D eigenvalue weighted by molar-refractivity contribution is 0.272. The Morgan fingerprint density at radius 1 is 0.850 bits per heavy atom. The average Bonchev–Trinajstić information content (AvgIpc) is 2.47. The molecule has 20 heavy (non-hydrogen) atoms. The minimum absolute atomic E-state index is 0.372. The molecule has 0 aliphatic heterocycles. The van der Waals surface area contributed by atoms with E-state index in [0.29, 0.717) is 5.75 Å². The Labute approximate surface area is 125 Å². The molecule has 0 fully saturated rings. The summed E-state index contributed by atoms with van der Waals surface area (Å²) < 4.78 is 0. The Morgan fingerprint density at radius 2 is 1.40 bits per heavy atom. The fraction of sp³-hybridized carbons (Fsp3) is 0.684. The summed E-state index contributed by atoms with van der Waals surface area (Å²) in [5.74, 6) is 2.03. The molecule has 0 aromatic heterocycles. The molecule has 1 aromatic carbocycles. The molecule has 1 nitrogen and oxygen atoms in total.